The molecule has 0 aromatic rings. The molecule has 1 aliphatic heterocycles. The van der Waals surface area contributed by atoms with Crippen molar-refractivity contribution >= 4 is 5.97 Å². The summed E-state index contributed by atoms with van der Waals surface area (Å²) >= 11 is 0. The Balaban J connectivity index is 2.66. The van der Waals surface area contributed by atoms with Crippen LogP contribution in [0, 0.1) is 11.8 Å². The molecule has 0 saturated carbocycles. The highest BCUT2D eigenvalue weighted by molar-refractivity contribution is 5.80. The molecule has 0 aromatic carbocycles. The minimum absolute atomic E-state index is 0.146. The number of likely N-dealkylation sites (tertiary alicyclic amines) is 1. The largest absolute Gasteiger partial charge is 0.465 e. The summed E-state index contributed by atoms with van der Waals surface area (Å²) in [6.45, 7) is 13.4. The number of piperidine rings is 1. The Morgan fingerprint density at radius 2 is 1.95 bits per heavy atom. The molecule has 0 aromatic heterocycles. The zero-order valence-corrected chi connectivity index (χ0v) is 14.0. The molecule has 1 saturated heterocycles. The van der Waals surface area contributed by atoms with Gasteiger partial charge in [0.05, 0.1) is 6.61 Å². The first kappa shape index (κ1) is 17.4. The van der Waals surface area contributed by atoms with Crippen LogP contribution >= 0.6 is 0 Å². The van der Waals surface area contributed by atoms with E-state index in [0.717, 1.165) is 31.3 Å². The van der Waals surface area contributed by atoms with E-state index in [0.29, 0.717) is 12.6 Å². The van der Waals surface area contributed by atoms with Crippen molar-refractivity contribution in [2.45, 2.75) is 59.0 Å². The lowest BCUT2D eigenvalue weighted by molar-refractivity contribution is -0.151. The molecule has 0 radical (unpaired) electrons. The molecule has 1 heterocycles. The molecule has 4 unspecified atom stereocenters. The third-order valence-electron chi connectivity index (χ3n) is 4.50. The number of rotatable bonds is 6. The van der Waals surface area contributed by atoms with Crippen LogP contribution in [-0.4, -0.2) is 49.2 Å². The Labute approximate surface area is 124 Å². The molecular weight excluding hydrogens is 252 g/mol. The van der Waals surface area contributed by atoms with Gasteiger partial charge in [0.2, 0.25) is 0 Å². The quantitative estimate of drug-likeness (QED) is 0.760. The van der Waals surface area contributed by atoms with E-state index in [-0.39, 0.29) is 5.97 Å². The molecule has 118 valence electrons. The van der Waals surface area contributed by atoms with Crippen molar-refractivity contribution in [1.82, 2.24) is 10.2 Å². The van der Waals surface area contributed by atoms with E-state index < -0.39 is 5.54 Å². The van der Waals surface area contributed by atoms with Crippen LogP contribution in [0.4, 0.5) is 0 Å². The van der Waals surface area contributed by atoms with E-state index in [1.54, 1.807) is 0 Å². The van der Waals surface area contributed by atoms with Gasteiger partial charge in [-0.1, -0.05) is 13.8 Å². The highest BCUT2D eigenvalue weighted by Crippen LogP contribution is 2.26. The topological polar surface area (TPSA) is 41.6 Å². The smallest absolute Gasteiger partial charge is 0.326 e. The first-order valence-corrected chi connectivity index (χ1v) is 7.92. The molecule has 0 aliphatic carbocycles. The van der Waals surface area contributed by atoms with Gasteiger partial charge in [-0.2, -0.15) is 0 Å². The maximum absolute atomic E-state index is 12.1. The minimum atomic E-state index is -0.598. The van der Waals surface area contributed by atoms with Crippen LogP contribution in [0.3, 0.4) is 0 Å². The normalized spacial score (nSPS) is 28.7. The number of hydrogen-bond acceptors (Lipinski definition) is 4. The van der Waals surface area contributed by atoms with Crippen molar-refractivity contribution < 1.29 is 9.53 Å². The number of likely N-dealkylation sites (N-methyl/N-ethyl adjacent to an activating group) is 1. The SMILES string of the molecule is CCOC(=O)C(C)(CC(C)N1CC(C)CC(C)C1)NC. The predicted molar refractivity (Wildman–Crippen MR) is 82.7 cm³/mol. The number of nitrogens with zero attached hydrogens (tertiary/aromatic N) is 1. The lowest BCUT2D eigenvalue weighted by Crippen LogP contribution is -2.54. The predicted octanol–water partition coefficient (Wildman–Crippen LogP) is 2.28. The average Bonchev–Trinajstić information content (AvgIpc) is 2.37. The summed E-state index contributed by atoms with van der Waals surface area (Å²) in [5.41, 5.74) is -0.598. The van der Waals surface area contributed by atoms with Crippen LogP contribution in [0.2, 0.25) is 0 Å². The Bertz CT molecular complexity index is 312. The van der Waals surface area contributed by atoms with E-state index in [2.05, 4.69) is 31.0 Å². The fourth-order valence-electron chi connectivity index (χ4n) is 3.37. The number of carbonyl (C=O) groups is 1. The lowest BCUT2D eigenvalue weighted by atomic mass is 9.88. The zero-order chi connectivity index (χ0) is 15.3. The second kappa shape index (κ2) is 7.41. The highest BCUT2D eigenvalue weighted by atomic mass is 16.5. The Morgan fingerprint density at radius 3 is 2.40 bits per heavy atom. The molecule has 20 heavy (non-hydrogen) atoms. The highest BCUT2D eigenvalue weighted by Gasteiger charge is 2.37. The molecule has 4 heteroatoms. The van der Waals surface area contributed by atoms with Gasteiger partial charge in [-0.3, -0.25) is 4.79 Å². The molecule has 1 fully saturated rings. The van der Waals surface area contributed by atoms with Gasteiger partial charge in [0.1, 0.15) is 5.54 Å². The van der Waals surface area contributed by atoms with Crippen LogP contribution in [0.1, 0.15) is 47.5 Å². The molecular formula is C16H32N2O2. The van der Waals surface area contributed by atoms with Crippen LogP contribution in [-0.2, 0) is 9.53 Å². The maximum Gasteiger partial charge on any atom is 0.326 e. The second-order valence-electron chi connectivity index (χ2n) is 6.76. The number of ether oxygens (including phenoxy) is 1. The molecule has 0 bridgehead atoms. The van der Waals surface area contributed by atoms with E-state index in [1.807, 2.05) is 20.9 Å². The standard InChI is InChI=1S/C16H32N2O2/c1-7-20-15(19)16(5,17-6)9-14(4)18-10-12(2)8-13(3)11-18/h12-14,17H,7-11H2,1-6H3. The molecule has 0 amide bonds. The Kier molecular flexibility index (Phi) is 6.46. The van der Waals surface area contributed by atoms with Gasteiger partial charge >= 0.3 is 5.97 Å². The molecule has 1 rings (SSSR count). The van der Waals surface area contributed by atoms with Crippen LogP contribution < -0.4 is 5.32 Å². The summed E-state index contributed by atoms with van der Waals surface area (Å²) in [6, 6.07) is 0.377. The Morgan fingerprint density at radius 1 is 1.40 bits per heavy atom. The molecule has 1 aliphatic rings. The summed E-state index contributed by atoms with van der Waals surface area (Å²) in [4.78, 5) is 14.7. The van der Waals surface area contributed by atoms with E-state index in [1.165, 1.54) is 6.42 Å². The zero-order valence-electron chi connectivity index (χ0n) is 14.0. The van der Waals surface area contributed by atoms with Gasteiger partial charge in [-0.15, -0.1) is 0 Å². The van der Waals surface area contributed by atoms with E-state index in [9.17, 15) is 4.79 Å². The van der Waals surface area contributed by atoms with Crippen LogP contribution in [0.15, 0.2) is 0 Å². The van der Waals surface area contributed by atoms with Gasteiger partial charge < -0.3 is 15.0 Å². The monoisotopic (exact) mass is 284 g/mol. The van der Waals surface area contributed by atoms with E-state index in [4.69, 9.17) is 4.74 Å². The van der Waals surface area contributed by atoms with Crippen molar-refractivity contribution in [2.24, 2.45) is 11.8 Å². The fourth-order valence-corrected chi connectivity index (χ4v) is 3.37. The van der Waals surface area contributed by atoms with Crippen molar-refractivity contribution in [3.63, 3.8) is 0 Å². The second-order valence-corrected chi connectivity index (χ2v) is 6.76. The van der Waals surface area contributed by atoms with Gasteiger partial charge in [0, 0.05) is 19.1 Å². The number of esters is 1. The molecule has 1 N–H and O–H groups in total. The third kappa shape index (κ3) is 4.45. The summed E-state index contributed by atoms with van der Waals surface area (Å²) < 4.78 is 5.21. The van der Waals surface area contributed by atoms with Crippen molar-refractivity contribution in [1.29, 1.82) is 0 Å². The molecule has 4 nitrogen and oxygen atoms in total. The molecule has 0 spiro atoms. The van der Waals surface area contributed by atoms with Crippen LogP contribution in [0.25, 0.3) is 0 Å². The first-order valence-electron chi connectivity index (χ1n) is 7.92. The maximum atomic E-state index is 12.1. The van der Waals surface area contributed by atoms with Crippen molar-refractivity contribution in [3.05, 3.63) is 0 Å². The molecule has 4 atom stereocenters. The summed E-state index contributed by atoms with van der Waals surface area (Å²) in [6.07, 6.45) is 2.09. The summed E-state index contributed by atoms with van der Waals surface area (Å²) in [7, 11) is 1.84. The average molecular weight is 284 g/mol. The number of carbonyl (C=O) groups excluding carboxylic acids is 1. The van der Waals surface area contributed by atoms with Gasteiger partial charge in [0.15, 0.2) is 0 Å². The van der Waals surface area contributed by atoms with Gasteiger partial charge in [-0.25, -0.2) is 0 Å². The summed E-state index contributed by atoms with van der Waals surface area (Å²) in [5, 5.41) is 3.15. The first-order chi connectivity index (χ1) is 9.32. The fraction of sp³-hybridized carbons (Fsp3) is 0.938. The van der Waals surface area contributed by atoms with Crippen molar-refractivity contribution in [2.75, 3.05) is 26.7 Å². The van der Waals surface area contributed by atoms with Crippen molar-refractivity contribution in [3.8, 4) is 0 Å². The Hall–Kier alpha value is -0.610. The van der Waals surface area contributed by atoms with Crippen LogP contribution in [0.5, 0.6) is 0 Å². The lowest BCUT2D eigenvalue weighted by Gasteiger charge is -2.41. The number of nitrogens with one attached hydrogen (secondary N) is 1. The summed E-state index contributed by atoms with van der Waals surface area (Å²) in [5.74, 6) is 1.33. The van der Waals surface area contributed by atoms with Gasteiger partial charge in [-0.05, 0) is 52.5 Å². The van der Waals surface area contributed by atoms with E-state index >= 15 is 0 Å². The minimum Gasteiger partial charge on any atom is -0.465 e. The third-order valence-corrected chi connectivity index (χ3v) is 4.50. The van der Waals surface area contributed by atoms with Gasteiger partial charge in [0.25, 0.3) is 0 Å². The number of hydrogen-bond donors (Lipinski definition) is 1.